The third kappa shape index (κ3) is 2.59. The average molecular weight is 355 g/mol. The number of hydrogen-bond donors (Lipinski definition) is 0. The molecule has 2 heterocycles. The van der Waals surface area contributed by atoms with Crippen LogP contribution in [0.25, 0.3) is 11.2 Å². The molecule has 1 aromatic carbocycles. The maximum absolute atomic E-state index is 12.6. The van der Waals surface area contributed by atoms with Crippen LogP contribution in [0, 0.1) is 22.7 Å². The molecule has 0 fully saturated rings. The summed E-state index contributed by atoms with van der Waals surface area (Å²) in [6, 6.07) is 10.9. The van der Waals surface area contributed by atoms with E-state index in [4.69, 9.17) is 16.9 Å². The van der Waals surface area contributed by atoms with Gasteiger partial charge in [0.1, 0.15) is 6.54 Å². The standard InChI is InChI=1S/C16H11ClN6O2/c1-21-14(24)12-13(22(7-6-18)16(21)25)20-15(17)23(12)9-11-5-3-2-4-10(11)8-19/h2-5H,7,9H2,1H3. The maximum atomic E-state index is 12.6. The average Bonchev–Trinajstić information content (AvgIpc) is 2.93. The lowest BCUT2D eigenvalue weighted by Crippen LogP contribution is -2.38. The fourth-order valence-electron chi connectivity index (χ4n) is 2.63. The molecule has 25 heavy (non-hydrogen) atoms. The molecule has 0 saturated heterocycles. The van der Waals surface area contributed by atoms with Crippen LogP contribution in [-0.2, 0) is 20.1 Å². The summed E-state index contributed by atoms with van der Waals surface area (Å²) in [6.07, 6.45) is 0. The lowest BCUT2D eigenvalue weighted by molar-refractivity contribution is 0.677. The van der Waals surface area contributed by atoms with E-state index in [2.05, 4.69) is 11.1 Å². The first-order chi connectivity index (χ1) is 12.0. The van der Waals surface area contributed by atoms with E-state index in [1.807, 2.05) is 6.07 Å². The molecule has 0 unspecified atom stereocenters. The molecule has 0 radical (unpaired) electrons. The first kappa shape index (κ1) is 16.5. The fourth-order valence-corrected chi connectivity index (χ4v) is 2.85. The first-order valence-corrected chi connectivity index (χ1v) is 7.58. The molecule has 3 rings (SSSR count). The first-order valence-electron chi connectivity index (χ1n) is 7.20. The van der Waals surface area contributed by atoms with Crippen molar-refractivity contribution in [2.45, 2.75) is 13.1 Å². The SMILES string of the molecule is Cn1c(=O)c2c(nc(Cl)n2Cc2ccccc2C#N)n(CC#N)c1=O. The number of fused-ring (bicyclic) bond motifs is 1. The van der Waals surface area contributed by atoms with Crippen LogP contribution in [0.2, 0.25) is 5.28 Å². The molecule has 8 nitrogen and oxygen atoms in total. The molecular formula is C16H11ClN6O2. The summed E-state index contributed by atoms with van der Waals surface area (Å²) in [5.74, 6) is 0. The predicted octanol–water partition coefficient (Wildman–Crippen LogP) is 0.994. The van der Waals surface area contributed by atoms with Gasteiger partial charge in [-0.15, -0.1) is 0 Å². The molecule has 0 spiro atoms. The highest BCUT2D eigenvalue weighted by molar-refractivity contribution is 6.29. The second kappa shape index (κ2) is 6.27. The van der Waals surface area contributed by atoms with E-state index in [9.17, 15) is 14.9 Å². The maximum Gasteiger partial charge on any atom is 0.333 e. The fraction of sp³-hybridized carbons (Fsp3) is 0.188. The summed E-state index contributed by atoms with van der Waals surface area (Å²) in [6.45, 7) is -0.120. The Morgan fingerprint density at radius 2 is 1.92 bits per heavy atom. The van der Waals surface area contributed by atoms with Gasteiger partial charge in [0.05, 0.1) is 24.2 Å². The largest absolute Gasteiger partial charge is 0.333 e. The molecule has 0 amide bonds. The van der Waals surface area contributed by atoms with Crippen LogP contribution in [0.5, 0.6) is 0 Å². The summed E-state index contributed by atoms with van der Waals surface area (Å²) in [5.41, 5.74) is 0.0545. The Balaban J connectivity index is 2.33. The highest BCUT2D eigenvalue weighted by atomic mass is 35.5. The molecule has 0 aliphatic carbocycles. The van der Waals surface area contributed by atoms with E-state index in [1.165, 1.54) is 11.6 Å². The number of benzene rings is 1. The van der Waals surface area contributed by atoms with Crippen molar-refractivity contribution >= 4 is 22.8 Å². The Morgan fingerprint density at radius 1 is 1.20 bits per heavy atom. The van der Waals surface area contributed by atoms with Crippen LogP contribution < -0.4 is 11.2 Å². The number of halogens is 1. The van der Waals surface area contributed by atoms with Gasteiger partial charge in [-0.3, -0.25) is 13.9 Å². The molecule has 0 aliphatic heterocycles. The van der Waals surface area contributed by atoms with Crippen molar-refractivity contribution in [1.82, 2.24) is 18.7 Å². The summed E-state index contributed by atoms with van der Waals surface area (Å²) in [4.78, 5) is 28.9. The van der Waals surface area contributed by atoms with Gasteiger partial charge < -0.3 is 4.57 Å². The van der Waals surface area contributed by atoms with Gasteiger partial charge in [-0.2, -0.15) is 15.5 Å². The number of aromatic nitrogens is 4. The monoisotopic (exact) mass is 354 g/mol. The number of nitriles is 2. The van der Waals surface area contributed by atoms with E-state index in [-0.39, 0.29) is 29.5 Å². The minimum absolute atomic E-state index is 0.00265. The normalized spacial score (nSPS) is 10.6. The molecule has 0 atom stereocenters. The van der Waals surface area contributed by atoms with Crippen molar-refractivity contribution in [2.24, 2.45) is 7.05 Å². The zero-order valence-corrected chi connectivity index (χ0v) is 13.9. The third-order valence-electron chi connectivity index (χ3n) is 3.88. The van der Waals surface area contributed by atoms with Crippen molar-refractivity contribution < 1.29 is 0 Å². The molecule has 0 saturated carbocycles. The summed E-state index contributed by atoms with van der Waals surface area (Å²) in [5, 5.41) is 18.2. The van der Waals surface area contributed by atoms with Crippen molar-refractivity contribution in [1.29, 1.82) is 10.5 Å². The Morgan fingerprint density at radius 3 is 2.60 bits per heavy atom. The third-order valence-corrected chi connectivity index (χ3v) is 4.17. The summed E-state index contributed by atoms with van der Waals surface area (Å²) in [7, 11) is 1.33. The zero-order valence-electron chi connectivity index (χ0n) is 13.1. The molecule has 124 valence electrons. The zero-order chi connectivity index (χ0) is 18.1. The van der Waals surface area contributed by atoms with Crippen LogP contribution in [0.4, 0.5) is 0 Å². The van der Waals surface area contributed by atoms with Gasteiger partial charge in [0.25, 0.3) is 5.56 Å². The Kier molecular flexibility index (Phi) is 4.14. The number of nitrogens with zero attached hydrogens (tertiary/aromatic N) is 6. The second-order valence-corrected chi connectivity index (χ2v) is 5.64. The molecule has 9 heteroatoms. The van der Waals surface area contributed by atoms with Gasteiger partial charge in [-0.1, -0.05) is 18.2 Å². The van der Waals surface area contributed by atoms with Gasteiger partial charge in [0.2, 0.25) is 5.28 Å². The highest BCUT2D eigenvalue weighted by Crippen LogP contribution is 2.19. The minimum Gasteiger partial charge on any atom is -0.304 e. The highest BCUT2D eigenvalue weighted by Gasteiger charge is 2.20. The van der Waals surface area contributed by atoms with Crippen molar-refractivity contribution in [3.63, 3.8) is 0 Å². The predicted molar refractivity (Wildman–Crippen MR) is 90.1 cm³/mol. The quantitative estimate of drug-likeness (QED) is 0.651. The minimum atomic E-state index is -0.641. The van der Waals surface area contributed by atoms with Crippen molar-refractivity contribution in [3.8, 4) is 12.1 Å². The molecule has 3 aromatic rings. The number of rotatable bonds is 3. The van der Waals surface area contributed by atoms with Crippen LogP contribution in [0.1, 0.15) is 11.1 Å². The number of imidazole rings is 1. The Labute approximate surface area is 146 Å². The van der Waals surface area contributed by atoms with Gasteiger partial charge in [-0.25, -0.2) is 4.79 Å². The Hall–Kier alpha value is -3.36. The molecular weight excluding hydrogens is 344 g/mol. The second-order valence-electron chi connectivity index (χ2n) is 5.30. The topological polar surface area (TPSA) is 109 Å². The summed E-state index contributed by atoms with van der Waals surface area (Å²) >= 11 is 6.18. The van der Waals surface area contributed by atoms with Gasteiger partial charge in [0, 0.05) is 7.05 Å². The van der Waals surface area contributed by atoms with Crippen molar-refractivity contribution in [2.75, 3.05) is 0 Å². The van der Waals surface area contributed by atoms with Crippen LogP contribution in [0.15, 0.2) is 33.9 Å². The lowest BCUT2D eigenvalue weighted by atomic mass is 10.1. The van der Waals surface area contributed by atoms with Crippen molar-refractivity contribution in [3.05, 3.63) is 61.5 Å². The summed E-state index contributed by atoms with van der Waals surface area (Å²) < 4.78 is 3.43. The van der Waals surface area contributed by atoms with Gasteiger partial charge in [0.15, 0.2) is 11.2 Å². The lowest BCUT2D eigenvalue weighted by Gasteiger charge is -2.09. The van der Waals surface area contributed by atoms with E-state index in [0.29, 0.717) is 11.1 Å². The van der Waals surface area contributed by atoms with E-state index >= 15 is 0 Å². The molecule has 2 aromatic heterocycles. The smallest absolute Gasteiger partial charge is 0.304 e. The van der Waals surface area contributed by atoms with E-state index in [0.717, 1.165) is 9.13 Å². The van der Waals surface area contributed by atoms with E-state index < -0.39 is 11.2 Å². The Bertz CT molecular complexity index is 1190. The van der Waals surface area contributed by atoms with Crippen LogP contribution >= 0.6 is 11.6 Å². The van der Waals surface area contributed by atoms with Crippen LogP contribution in [0.3, 0.4) is 0 Å². The van der Waals surface area contributed by atoms with Crippen LogP contribution in [-0.4, -0.2) is 18.7 Å². The molecule has 0 aliphatic rings. The van der Waals surface area contributed by atoms with Gasteiger partial charge >= 0.3 is 5.69 Å². The molecule has 0 bridgehead atoms. The molecule has 0 N–H and O–H groups in total. The van der Waals surface area contributed by atoms with E-state index in [1.54, 1.807) is 24.3 Å². The number of hydrogen-bond acceptors (Lipinski definition) is 5. The van der Waals surface area contributed by atoms with Gasteiger partial charge in [-0.05, 0) is 23.2 Å².